The van der Waals surface area contributed by atoms with Gasteiger partial charge in [-0.2, -0.15) is 0 Å². The third-order valence-corrected chi connectivity index (χ3v) is 6.44. The number of aromatic amines is 1. The van der Waals surface area contributed by atoms with Gasteiger partial charge < -0.3 is 19.8 Å². The fourth-order valence-electron chi connectivity index (χ4n) is 3.72. The second-order valence-electron chi connectivity index (χ2n) is 8.19. The molecule has 38 heavy (non-hydrogen) atoms. The minimum atomic E-state index is -1.01. The van der Waals surface area contributed by atoms with E-state index >= 15 is 4.39 Å². The number of H-pyrrole nitrogens is 1. The number of rotatable bonds is 9. The highest BCUT2D eigenvalue weighted by molar-refractivity contribution is 6.35. The summed E-state index contributed by atoms with van der Waals surface area (Å²) in [6.45, 7) is 0. The molecule has 2 N–H and O–H groups in total. The highest BCUT2D eigenvalue weighted by atomic mass is 35.5. The summed E-state index contributed by atoms with van der Waals surface area (Å²) in [5.74, 6) is -2.22. The Kier molecular flexibility index (Phi) is 8.89. The summed E-state index contributed by atoms with van der Waals surface area (Å²) in [5.41, 5.74) is 1.82. The molecule has 1 amide bonds. The number of esters is 1. The van der Waals surface area contributed by atoms with Gasteiger partial charge in [-0.1, -0.05) is 53.0 Å². The van der Waals surface area contributed by atoms with Crippen molar-refractivity contribution in [3.63, 3.8) is 0 Å². The van der Waals surface area contributed by atoms with Gasteiger partial charge in [0, 0.05) is 44.5 Å². The van der Waals surface area contributed by atoms with Gasteiger partial charge in [0.05, 0.1) is 13.4 Å². The molecular formula is C27H21Cl3FN3O4. The highest BCUT2D eigenvalue weighted by Gasteiger charge is 2.25. The van der Waals surface area contributed by atoms with E-state index in [-0.39, 0.29) is 17.7 Å². The van der Waals surface area contributed by atoms with E-state index in [1.165, 1.54) is 31.8 Å². The van der Waals surface area contributed by atoms with Gasteiger partial charge in [0.15, 0.2) is 17.7 Å². The number of nitrogens with zero attached hydrogens (tertiary/aromatic N) is 1. The summed E-state index contributed by atoms with van der Waals surface area (Å²) in [4.78, 5) is 31.8. The summed E-state index contributed by atoms with van der Waals surface area (Å²) in [5, 5.41) is 3.86. The Morgan fingerprint density at radius 3 is 2.39 bits per heavy atom. The van der Waals surface area contributed by atoms with Crippen molar-refractivity contribution >= 4 is 46.7 Å². The summed E-state index contributed by atoms with van der Waals surface area (Å²) >= 11 is 18.5. The van der Waals surface area contributed by atoms with Crippen LogP contribution in [0.3, 0.4) is 0 Å². The van der Waals surface area contributed by atoms with Crippen molar-refractivity contribution in [3.05, 3.63) is 116 Å². The zero-order valence-corrected chi connectivity index (χ0v) is 22.1. The number of carbonyl (C=O) groups excluding carboxylic acids is 2. The van der Waals surface area contributed by atoms with E-state index in [9.17, 15) is 9.59 Å². The molecule has 196 valence electrons. The smallest absolute Gasteiger partial charge is 0.328 e. The van der Waals surface area contributed by atoms with Gasteiger partial charge in [-0.25, -0.2) is 14.2 Å². The molecule has 4 aromatic rings. The zero-order valence-electron chi connectivity index (χ0n) is 19.9. The van der Waals surface area contributed by atoms with Gasteiger partial charge in [0.1, 0.15) is 6.04 Å². The first kappa shape index (κ1) is 27.4. The molecule has 1 aromatic heterocycles. The average molecular weight is 577 g/mol. The van der Waals surface area contributed by atoms with Crippen LogP contribution in [0, 0.1) is 5.82 Å². The minimum Gasteiger partial charge on any atom is -0.478 e. The number of amides is 1. The second kappa shape index (κ2) is 12.3. The van der Waals surface area contributed by atoms with Crippen LogP contribution in [-0.4, -0.2) is 35.0 Å². The topological polar surface area (TPSA) is 93.3 Å². The Morgan fingerprint density at radius 1 is 1.03 bits per heavy atom. The summed E-state index contributed by atoms with van der Waals surface area (Å²) in [7, 11) is 1.21. The van der Waals surface area contributed by atoms with E-state index in [1.54, 1.807) is 42.5 Å². The molecule has 0 saturated heterocycles. The van der Waals surface area contributed by atoms with E-state index in [2.05, 4.69) is 15.3 Å². The Hall–Kier alpha value is -3.59. The number of methoxy groups -OCH3 is 1. The van der Waals surface area contributed by atoms with Gasteiger partial charge in [-0.15, -0.1) is 0 Å². The van der Waals surface area contributed by atoms with E-state index in [4.69, 9.17) is 44.3 Å². The quantitative estimate of drug-likeness (QED) is 0.232. The van der Waals surface area contributed by atoms with Crippen molar-refractivity contribution in [2.75, 3.05) is 7.11 Å². The molecule has 0 spiro atoms. The van der Waals surface area contributed by atoms with Gasteiger partial charge in [0.25, 0.3) is 5.91 Å². The molecule has 0 aliphatic carbocycles. The Morgan fingerprint density at radius 2 is 1.76 bits per heavy atom. The van der Waals surface area contributed by atoms with Gasteiger partial charge in [-0.3, -0.25) is 4.79 Å². The van der Waals surface area contributed by atoms with Crippen molar-refractivity contribution < 1.29 is 23.5 Å². The van der Waals surface area contributed by atoms with Crippen LogP contribution in [0.2, 0.25) is 15.1 Å². The number of benzene rings is 3. The first-order chi connectivity index (χ1) is 18.2. The van der Waals surface area contributed by atoms with Crippen molar-refractivity contribution in [3.8, 4) is 5.75 Å². The maximum atomic E-state index is 15.2. The predicted molar refractivity (Wildman–Crippen MR) is 142 cm³/mol. The molecule has 4 rings (SSSR count). The predicted octanol–water partition coefficient (Wildman–Crippen LogP) is 6.19. The Labute approximate surface area is 232 Å². The third kappa shape index (κ3) is 6.64. The van der Waals surface area contributed by atoms with Crippen LogP contribution in [0.1, 0.15) is 33.3 Å². The molecule has 1 unspecified atom stereocenters. The molecule has 2 atom stereocenters. The van der Waals surface area contributed by atoms with E-state index in [1.807, 2.05) is 0 Å². The molecule has 0 saturated carbocycles. The number of imidazole rings is 1. The molecule has 0 aliphatic heterocycles. The number of nitrogens with one attached hydrogen (secondary N) is 2. The number of hydrogen-bond donors (Lipinski definition) is 2. The average Bonchev–Trinajstić information content (AvgIpc) is 3.41. The van der Waals surface area contributed by atoms with Crippen LogP contribution in [0.4, 0.5) is 4.39 Å². The lowest BCUT2D eigenvalue weighted by Gasteiger charge is -2.22. The molecule has 11 heteroatoms. The van der Waals surface area contributed by atoms with Crippen LogP contribution in [-0.2, 0) is 16.0 Å². The molecule has 0 fully saturated rings. The normalized spacial score (nSPS) is 12.4. The monoisotopic (exact) mass is 575 g/mol. The van der Waals surface area contributed by atoms with E-state index in [0.717, 1.165) is 6.07 Å². The van der Waals surface area contributed by atoms with Gasteiger partial charge in [-0.05, 0) is 48.0 Å². The number of aromatic nitrogens is 2. The number of carbonyl (C=O) groups is 2. The van der Waals surface area contributed by atoms with Crippen LogP contribution < -0.4 is 10.1 Å². The first-order valence-electron chi connectivity index (χ1n) is 11.3. The fourth-order valence-corrected chi connectivity index (χ4v) is 4.35. The third-order valence-electron chi connectivity index (χ3n) is 5.63. The largest absolute Gasteiger partial charge is 0.478 e. The van der Waals surface area contributed by atoms with Crippen molar-refractivity contribution in [2.45, 2.75) is 18.6 Å². The first-order valence-corrected chi connectivity index (χ1v) is 12.4. The lowest BCUT2D eigenvalue weighted by molar-refractivity contribution is -0.142. The Bertz CT molecular complexity index is 1430. The summed E-state index contributed by atoms with van der Waals surface area (Å²) in [6, 6.07) is 14.5. The van der Waals surface area contributed by atoms with Crippen molar-refractivity contribution in [1.82, 2.24) is 15.3 Å². The minimum absolute atomic E-state index is 0.0130. The lowest BCUT2D eigenvalue weighted by atomic mass is 10.0. The molecule has 0 radical (unpaired) electrons. The summed E-state index contributed by atoms with van der Waals surface area (Å²) in [6.07, 6.45) is 2.29. The lowest BCUT2D eigenvalue weighted by Crippen LogP contribution is -2.43. The molecule has 3 aromatic carbocycles. The van der Waals surface area contributed by atoms with Crippen LogP contribution >= 0.6 is 34.8 Å². The number of ether oxygens (including phenoxy) is 2. The van der Waals surface area contributed by atoms with Crippen molar-refractivity contribution in [1.29, 1.82) is 0 Å². The van der Waals surface area contributed by atoms with E-state index in [0.29, 0.717) is 31.9 Å². The molecule has 7 nitrogen and oxygen atoms in total. The standard InChI is InChI=1S/C27H21Cl3FN3O4/c1-37-27(36)23(12-19-13-32-14-33-19)34-26(35)16-4-9-24(22(31)10-16)38-25(15-2-5-17(28)6-3-15)20-8-7-18(29)11-21(20)30/h2-11,13-14,23,25H,12H2,1H3,(H,32,33)(H,34,35)/t23-,25?/m1/s1. The molecule has 0 aliphatic rings. The van der Waals surface area contributed by atoms with Crippen LogP contribution in [0.25, 0.3) is 0 Å². The number of halogens is 4. The fraction of sp³-hybridized carbons (Fsp3) is 0.148. The van der Waals surface area contributed by atoms with Gasteiger partial charge >= 0.3 is 5.97 Å². The molecule has 0 bridgehead atoms. The van der Waals surface area contributed by atoms with Gasteiger partial charge in [0.2, 0.25) is 0 Å². The van der Waals surface area contributed by atoms with E-state index < -0.39 is 29.8 Å². The summed E-state index contributed by atoms with van der Waals surface area (Å²) < 4.78 is 26.1. The van der Waals surface area contributed by atoms with Crippen LogP contribution in [0.5, 0.6) is 5.75 Å². The van der Waals surface area contributed by atoms with Crippen LogP contribution in [0.15, 0.2) is 73.2 Å². The molecule has 1 heterocycles. The second-order valence-corrected chi connectivity index (χ2v) is 9.47. The maximum Gasteiger partial charge on any atom is 0.328 e. The molecular weight excluding hydrogens is 556 g/mol. The SMILES string of the molecule is COC(=O)[C@@H](Cc1cnc[nH]1)NC(=O)c1ccc(OC(c2ccc(Cl)cc2)c2ccc(Cl)cc2Cl)c(F)c1. The zero-order chi connectivity index (χ0) is 27.2. The van der Waals surface area contributed by atoms with Crippen molar-refractivity contribution in [2.24, 2.45) is 0 Å². The Balaban J connectivity index is 1.58. The maximum absolute atomic E-state index is 15.2. The number of hydrogen-bond acceptors (Lipinski definition) is 5. The highest BCUT2D eigenvalue weighted by Crippen LogP contribution is 2.35.